The van der Waals surface area contributed by atoms with E-state index in [1.54, 1.807) is 12.1 Å². The zero-order chi connectivity index (χ0) is 17.2. The topological polar surface area (TPSA) is 78.0 Å². The number of aliphatic hydroxyl groups is 1. The van der Waals surface area contributed by atoms with Gasteiger partial charge in [-0.05, 0) is 37.1 Å². The summed E-state index contributed by atoms with van der Waals surface area (Å²) < 4.78 is 0. The molecule has 5 nitrogen and oxygen atoms in total. The van der Waals surface area contributed by atoms with E-state index < -0.39 is 6.10 Å². The van der Waals surface area contributed by atoms with Crippen molar-refractivity contribution >= 4 is 16.9 Å². The van der Waals surface area contributed by atoms with Crippen LogP contribution in [0, 0.1) is 0 Å². The number of fused-ring (bicyclic) bond motifs is 1. The molecule has 0 bridgehead atoms. The third-order valence-electron chi connectivity index (χ3n) is 4.86. The minimum atomic E-state index is -0.437. The van der Waals surface area contributed by atoms with E-state index in [4.69, 9.17) is 0 Å². The summed E-state index contributed by atoms with van der Waals surface area (Å²) in [5.74, 6) is 0.651. The lowest BCUT2D eigenvalue weighted by Gasteiger charge is -2.28. The predicted octanol–water partition coefficient (Wildman–Crippen LogP) is 3.26. The van der Waals surface area contributed by atoms with Gasteiger partial charge < -0.3 is 15.4 Å². The maximum atomic E-state index is 12.4. The summed E-state index contributed by atoms with van der Waals surface area (Å²) in [6.07, 6.45) is 3.24. The number of para-hydroxylation sites is 2. The number of imidazole rings is 1. The molecule has 0 unspecified atom stereocenters. The number of H-pyrrole nitrogens is 1. The van der Waals surface area contributed by atoms with Gasteiger partial charge in [-0.1, -0.05) is 37.1 Å². The van der Waals surface area contributed by atoms with Crippen molar-refractivity contribution in [3.63, 3.8) is 0 Å². The number of hydrogen-bond acceptors (Lipinski definition) is 3. The van der Waals surface area contributed by atoms with Crippen LogP contribution < -0.4 is 5.32 Å². The Bertz CT molecular complexity index is 852. The van der Waals surface area contributed by atoms with Crippen molar-refractivity contribution in [1.82, 2.24) is 15.3 Å². The van der Waals surface area contributed by atoms with Crippen LogP contribution in [-0.2, 0) is 0 Å². The summed E-state index contributed by atoms with van der Waals surface area (Å²) in [6, 6.07) is 15.1. The van der Waals surface area contributed by atoms with E-state index in [-0.39, 0.29) is 11.9 Å². The summed E-state index contributed by atoms with van der Waals surface area (Å²) in [5.41, 5.74) is 3.44. The second kappa shape index (κ2) is 6.69. The van der Waals surface area contributed by atoms with Crippen LogP contribution in [0.5, 0.6) is 0 Å². The minimum absolute atomic E-state index is 0.137. The molecule has 0 aliphatic heterocycles. The number of rotatable bonds is 3. The summed E-state index contributed by atoms with van der Waals surface area (Å²) in [6.45, 7) is 0. The Kier molecular flexibility index (Phi) is 4.24. The molecular formula is C20H21N3O2. The van der Waals surface area contributed by atoms with Crippen LogP contribution in [0.2, 0.25) is 0 Å². The number of benzene rings is 2. The van der Waals surface area contributed by atoms with Gasteiger partial charge in [0.2, 0.25) is 0 Å². The first-order valence-electron chi connectivity index (χ1n) is 8.75. The van der Waals surface area contributed by atoms with Crippen molar-refractivity contribution in [2.75, 3.05) is 0 Å². The largest absolute Gasteiger partial charge is 0.391 e. The van der Waals surface area contributed by atoms with Gasteiger partial charge in [0.1, 0.15) is 5.82 Å². The third-order valence-corrected chi connectivity index (χ3v) is 4.86. The molecule has 0 radical (unpaired) electrons. The number of hydrogen-bond donors (Lipinski definition) is 3. The molecule has 5 heteroatoms. The first kappa shape index (κ1) is 15.8. The van der Waals surface area contributed by atoms with Gasteiger partial charge in [-0.25, -0.2) is 4.98 Å². The van der Waals surface area contributed by atoms with Crippen LogP contribution in [0.25, 0.3) is 22.4 Å². The van der Waals surface area contributed by atoms with Crippen LogP contribution in [0.4, 0.5) is 0 Å². The average molecular weight is 335 g/mol. The molecule has 2 aromatic carbocycles. The van der Waals surface area contributed by atoms with E-state index in [9.17, 15) is 9.90 Å². The average Bonchev–Trinajstić information content (AvgIpc) is 3.08. The molecule has 1 aliphatic carbocycles. The molecule has 25 heavy (non-hydrogen) atoms. The highest BCUT2D eigenvalue weighted by Gasteiger charge is 2.24. The number of nitrogens with zero attached hydrogens (tertiary/aromatic N) is 1. The van der Waals surface area contributed by atoms with E-state index in [1.165, 1.54) is 0 Å². The number of aromatic amines is 1. The van der Waals surface area contributed by atoms with E-state index in [0.717, 1.165) is 48.1 Å². The number of carbonyl (C=O) groups is 1. The molecule has 0 saturated heterocycles. The molecule has 1 heterocycles. The number of aliphatic hydroxyl groups excluding tert-OH is 1. The van der Waals surface area contributed by atoms with Gasteiger partial charge in [0.05, 0.1) is 23.2 Å². The molecule has 4 rings (SSSR count). The Morgan fingerprint density at radius 1 is 1.08 bits per heavy atom. The monoisotopic (exact) mass is 335 g/mol. The summed E-state index contributed by atoms with van der Waals surface area (Å²) >= 11 is 0. The van der Waals surface area contributed by atoms with Gasteiger partial charge in [0.25, 0.3) is 5.91 Å². The fourth-order valence-corrected chi connectivity index (χ4v) is 3.40. The van der Waals surface area contributed by atoms with Crippen LogP contribution in [0.15, 0.2) is 48.5 Å². The molecule has 3 aromatic rings. The highest BCUT2D eigenvalue weighted by molar-refractivity contribution is 5.95. The lowest BCUT2D eigenvalue weighted by Crippen LogP contribution is -2.45. The molecule has 1 aliphatic rings. The van der Waals surface area contributed by atoms with Gasteiger partial charge in [0.15, 0.2) is 0 Å². The lowest BCUT2D eigenvalue weighted by molar-refractivity contribution is 0.0717. The van der Waals surface area contributed by atoms with Gasteiger partial charge in [-0.3, -0.25) is 4.79 Å². The Morgan fingerprint density at radius 2 is 1.84 bits per heavy atom. The maximum Gasteiger partial charge on any atom is 0.251 e. The highest BCUT2D eigenvalue weighted by atomic mass is 16.3. The number of nitrogens with one attached hydrogen (secondary N) is 2. The molecule has 0 spiro atoms. The third kappa shape index (κ3) is 3.28. The smallest absolute Gasteiger partial charge is 0.251 e. The van der Waals surface area contributed by atoms with Crippen LogP contribution >= 0.6 is 0 Å². The van der Waals surface area contributed by atoms with Crippen LogP contribution in [-0.4, -0.2) is 33.1 Å². The zero-order valence-corrected chi connectivity index (χ0v) is 13.9. The van der Waals surface area contributed by atoms with Gasteiger partial charge in [0, 0.05) is 11.1 Å². The van der Waals surface area contributed by atoms with Crippen LogP contribution in [0.1, 0.15) is 36.0 Å². The van der Waals surface area contributed by atoms with E-state index in [0.29, 0.717) is 5.56 Å². The van der Waals surface area contributed by atoms with Crippen molar-refractivity contribution in [3.8, 4) is 11.4 Å². The van der Waals surface area contributed by atoms with Crippen molar-refractivity contribution in [2.45, 2.75) is 37.8 Å². The fraction of sp³-hybridized carbons (Fsp3) is 0.300. The lowest BCUT2D eigenvalue weighted by atomic mass is 9.92. The number of carbonyl (C=O) groups excluding carboxylic acids is 1. The zero-order valence-electron chi connectivity index (χ0n) is 13.9. The van der Waals surface area contributed by atoms with Gasteiger partial charge in [-0.2, -0.15) is 0 Å². The van der Waals surface area contributed by atoms with Gasteiger partial charge >= 0.3 is 0 Å². The Hall–Kier alpha value is -2.66. The van der Waals surface area contributed by atoms with Gasteiger partial charge in [-0.15, -0.1) is 0 Å². The first-order valence-corrected chi connectivity index (χ1v) is 8.75. The normalized spacial score (nSPS) is 20.5. The molecule has 128 valence electrons. The SMILES string of the molecule is O=C(N[C@H]1CCCC[C@@H]1O)c1ccc(-c2nc3ccccc3[nH]2)cc1. The summed E-state index contributed by atoms with van der Waals surface area (Å²) in [5, 5.41) is 13.0. The van der Waals surface area contributed by atoms with Crippen molar-refractivity contribution < 1.29 is 9.90 Å². The van der Waals surface area contributed by atoms with E-state index in [1.807, 2.05) is 36.4 Å². The quantitative estimate of drug-likeness (QED) is 0.687. The Morgan fingerprint density at radius 3 is 2.60 bits per heavy atom. The summed E-state index contributed by atoms with van der Waals surface area (Å²) in [4.78, 5) is 20.3. The molecule has 1 saturated carbocycles. The molecule has 2 atom stereocenters. The second-order valence-electron chi connectivity index (χ2n) is 6.61. The Labute approximate surface area is 146 Å². The van der Waals surface area contributed by atoms with Crippen molar-refractivity contribution in [3.05, 3.63) is 54.1 Å². The standard InChI is InChI=1S/C20H21N3O2/c24-18-8-4-3-7-17(18)23-20(25)14-11-9-13(10-12-14)19-21-15-5-1-2-6-16(15)22-19/h1-2,5-6,9-12,17-18,24H,3-4,7-8H2,(H,21,22)(H,23,25)/t17-,18-/m0/s1. The molecular weight excluding hydrogens is 314 g/mol. The summed E-state index contributed by atoms with van der Waals surface area (Å²) in [7, 11) is 0. The van der Waals surface area contributed by atoms with E-state index >= 15 is 0 Å². The number of aromatic nitrogens is 2. The second-order valence-corrected chi connectivity index (χ2v) is 6.61. The molecule has 3 N–H and O–H groups in total. The van der Waals surface area contributed by atoms with E-state index in [2.05, 4.69) is 15.3 Å². The Balaban J connectivity index is 1.50. The molecule has 1 aromatic heterocycles. The number of amides is 1. The first-order chi connectivity index (χ1) is 12.2. The maximum absolute atomic E-state index is 12.4. The van der Waals surface area contributed by atoms with Crippen molar-refractivity contribution in [1.29, 1.82) is 0 Å². The minimum Gasteiger partial charge on any atom is -0.391 e. The fourth-order valence-electron chi connectivity index (χ4n) is 3.40. The molecule has 1 fully saturated rings. The predicted molar refractivity (Wildman–Crippen MR) is 97.3 cm³/mol. The van der Waals surface area contributed by atoms with Crippen molar-refractivity contribution in [2.24, 2.45) is 0 Å². The highest BCUT2D eigenvalue weighted by Crippen LogP contribution is 2.22. The molecule has 1 amide bonds. The van der Waals surface area contributed by atoms with Crippen LogP contribution in [0.3, 0.4) is 0 Å².